The van der Waals surface area contributed by atoms with Crippen molar-refractivity contribution in [2.24, 2.45) is 5.92 Å². The molecule has 0 fully saturated rings. The van der Waals surface area contributed by atoms with Gasteiger partial charge in [0.1, 0.15) is 6.04 Å². The molecule has 1 heterocycles. The van der Waals surface area contributed by atoms with Crippen molar-refractivity contribution in [3.8, 4) is 0 Å². The minimum Gasteiger partial charge on any atom is -0.459 e. The zero-order valence-corrected chi connectivity index (χ0v) is 14.0. The summed E-state index contributed by atoms with van der Waals surface area (Å²) >= 11 is 0. The Balaban J connectivity index is 2.51. The first-order chi connectivity index (χ1) is 11.8. The standard InChI is InChI=1S/C16H21N3O6/c1-4-7-17-16(23)18-12(20)9-25-15(22)13(10(2)3)19-14(21)11-6-5-8-24-11/h4-6,8,10,13H,1,7,9H2,2-3H3,(H,19,21)(H2,17,18,20,23)/t13-/m0/s1. The summed E-state index contributed by atoms with van der Waals surface area (Å²) in [5, 5.41) is 6.80. The Bertz CT molecular complexity index is 624. The molecule has 0 aromatic carbocycles. The lowest BCUT2D eigenvalue weighted by molar-refractivity contribution is -0.151. The molecule has 3 N–H and O–H groups in total. The predicted octanol–water partition coefficient (Wildman–Crippen LogP) is 0.589. The van der Waals surface area contributed by atoms with Crippen molar-refractivity contribution >= 4 is 23.8 Å². The molecule has 0 saturated carbocycles. The van der Waals surface area contributed by atoms with Gasteiger partial charge in [0, 0.05) is 6.54 Å². The molecular weight excluding hydrogens is 330 g/mol. The summed E-state index contributed by atoms with van der Waals surface area (Å²) in [7, 11) is 0. The number of amides is 4. The molecule has 25 heavy (non-hydrogen) atoms. The molecule has 1 aromatic heterocycles. The highest BCUT2D eigenvalue weighted by Gasteiger charge is 2.27. The van der Waals surface area contributed by atoms with Gasteiger partial charge in [0.2, 0.25) is 0 Å². The van der Waals surface area contributed by atoms with E-state index in [1.165, 1.54) is 18.4 Å². The number of furan rings is 1. The van der Waals surface area contributed by atoms with E-state index < -0.39 is 36.5 Å². The smallest absolute Gasteiger partial charge is 0.329 e. The van der Waals surface area contributed by atoms with Gasteiger partial charge in [0.05, 0.1) is 6.26 Å². The van der Waals surface area contributed by atoms with Gasteiger partial charge < -0.3 is 19.8 Å². The van der Waals surface area contributed by atoms with Crippen molar-refractivity contribution in [2.75, 3.05) is 13.2 Å². The number of urea groups is 1. The first kappa shape index (κ1) is 19.9. The molecule has 136 valence electrons. The van der Waals surface area contributed by atoms with Crippen LogP contribution in [-0.4, -0.2) is 43.0 Å². The molecule has 0 saturated heterocycles. The van der Waals surface area contributed by atoms with Crippen molar-refractivity contribution < 1.29 is 28.3 Å². The summed E-state index contributed by atoms with van der Waals surface area (Å²) in [4.78, 5) is 46.9. The van der Waals surface area contributed by atoms with E-state index >= 15 is 0 Å². The molecule has 1 atom stereocenters. The van der Waals surface area contributed by atoms with E-state index in [4.69, 9.17) is 9.15 Å². The van der Waals surface area contributed by atoms with Gasteiger partial charge >= 0.3 is 12.0 Å². The van der Waals surface area contributed by atoms with Gasteiger partial charge in [-0.2, -0.15) is 0 Å². The number of imide groups is 1. The van der Waals surface area contributed by atoms with Gasteiger partial charge in [0.25, 0.3) is 11.8 Å². The third-order valence-corrected chi connectivity index (χ3v) is 2.96. The second kappa shape index (κ2) is 9.91. The van der Waals surface area contributed by atoms with Crippen LogP contribution in [-0.2, 0) is 14.3 Å². The van der Waals surface area contributed by atoms with E-state index in [-0.39, 0.29) is 18.2 Å². The molecule has 0 bridgehead atoms. The van der Waals surface area contributed by atoms with E-state index in [2.05, 4.69) is 17.2 Å². The van der Waals surface area contributed by atoms with Crippen molar-refractivity contribution in [2.45, 2.75) is 19.9 Å². The van der Waals surface area contributed by atoms with Gasteiger partial charge in [-0.05, 0) is 18.1 Å². The summed E-state index contributed by atoms with van der Waals surface area (Å²) in [6.45, 7) is 6.36. The number of esters is 1. The van der Waals surface area contributed by atoms with E-state index in [0.717, 1.165) is 0 Å². The average Bonchev–Trinajstić information content (AvgIpc) is 3.09. The number of ether oxygens (including phenoxy) is 1. The van der Waals surface area contributed by atoms with Crippen LogP contribution in [0.3, 0.4) is 0 Å². The zero-order valence-electron chi connectivity index (χ0n) is 14.0. The fraction of sp³-hybridized carbons (Fsp3) is 0.375. The molecular formula is C16H21N3O6. The maximum atomic E-state index is 12.1. The van der Waals surface area contributed by atoms with Crippen LogP contribution in [0.1, 0.15) is 24.4 Å². The number of rotatable bonds is 8. The van der Waals surface area contributed by atoms with E-state index in [9.17, 15) is 19.2 Å². The van der Waals surface area contributed by atoms with Crippen LogP contribution < -0.4 is 16.0 Å². The Morgan fingerprint density at radius 2 is 2.04 bits per heavy atom. The first-order valence-corrected chi connectivity index (χ1v) is 7.54. The molecule has 0 spiro atoms. The number of carbonyl (C=O) groups is 4. The first-order valence-electron chi connectivity index (χ1n) is 7.54. The van der Waals surface area contributed by atoms with Crippen LogP contribution in [0.25, 0.3) is 0 Å². The quantitative estimate of drug-likeness (QED) is 0.465. The zero-order chi connectivity index (χ0) is 18.8. The fourth-order valence-electron chi connectivity index (χ4n) is 1.72. The maximum Gasteiger partial charge on any atom is 0.329 e. The Morgan fingerprint density at radius 1 is 1.32 bits per heavy atom. The number of hydrogen-bond donors (Lipinski definition) is 3. The number of carbonyl (C=O) groups excluding carboxylic acids is 4. The van der Waals surface area contributed by atoms with Crippen molar-refractivity contribution in [3.05, 3.63) is 36.8 Å². The average molecular weight is 351 g/mol. The van der Waals surface area contributed by atoms with Crippen LogP contribution in [0.4, 0.5) is 4.79 Å². The van der Waals surface area contributed by atoms with E-state index in [1.54, 1.807) is 19.9 Å². The van der Waals surface area contributed by atoms with Crippen molar-refractivity contribution in [3.63, 3.8) is 0 Å². The Hall–Kier alpha value is -3.10. The van der Waals surface area contributed by atoms with Gasteiger partial charge in [-0.1, -0.05) is 19.9 Å². The highest BCUT2D eigenvalue weighted by atomic mass is 16.5. The molecule has 0 unspecified atom stereocenters. The van der Waals surface area contributed by atoms with Gasteiger partial charge in [-0.15, -0.1) is 6.58 Å². The summed E-state index contributed by atoms with van der Waals surface area (Å²) in [5.41, 5.74) is 0. The molecule has 0 radical (unpaired) electrons. The van der Waals surface area contributed by atoms with E-state index in [0.29, 0.717) is 0 Å². The Morgan fingerprint density at radius 3 is 2.60 bits per heavy atom. The van der Waals surface area contributed by atoms with Crippen LogP contribution in [0.5, 0.6) is 0 Å². The predicted molar refractivity (Wildman–Crippen MR) is 87.5 cm³/mol. The molecule has 1 aromatic rings. The Kier molecular flexibility index (Phi) is 7.91. The lowest BCUT2D eigenvalue weighted by Crippen LogP contribution is -2.47. The summed E-state index contributed by atoms with van der Waals surface area (Å²) < 4.78 is 9.80. The van der Waals surface area contributed by atoms with Crippen LogP contribution >= 0.6 is 0 Å². The van der Waals surface area contributed by atoms with Crippen LogP contribution in [0.15, 0.2) is 35.5 Å². The van der Waals surface area contributed by atoms with Gasteiger partial charge in [0.15, 0.2) is 12.4 Å². The molecule has 4 amide bonds. The lowest BCUT2D eigenvalue weighted by Gasteiger charge is -2.20. The minimum atomic E-state index is -0.972. The number of nitrogens with one attached hydrogen (secondary N) is 3. The topological polar surface area (TPSA) is 127 Å². The highest BCUT2D eigenvalue weighted by Crippen LogP contribution is 2.07. The third-order valence-electron chi connectivity index (χ3n) is 2.96. The molecule has 0 aliphatic rings. The maximum absolute atomic E-state index is 12.1. The van der Waals surface area contributed by atoms with Crippen molar-refractivity contribution in [1.82, 2.24) is 16.0 Å². The summed E-state index contributed by atoms with van der Waals surface area (Å²) in [5.74, 6) is -2.40. The molecule has 1 rings (SSSR count). The van der Waals surface area contributed by atoms with E-state index in [1.807, 2.05) is 5.32 Å². The third kappa shape index (κ3) is 6.90. The van der Waals surface area contributed by atoms with Crippen LogP contribution in [0, 0.1) is 5.92 Å². The van der Waals surface area contributed by atoms with Gasteiger partial charge in [-0.3, -0.25) is 14.9 Å². The molecule has 9 heteroatoms. The van der Waals surface area contributed by atoms with Crippen molar-refractivity contribution in [1.29, 1.82) is 0 Å². The Labute approximate surface area is 144 Å². The highest BCUT2D eigenvalue weighted by molar-refractivity contribution is 5.97. The second-order valence-corrected chi connectivity index (χ2v) is 5.33. The minimum absolute atomic E-state index is 0.0510. The summed E-state index contributed by atoms with van der Waals surface area (Å²) in [6, 6.07) is 1.29. The lowest BCUT2D eigenvalue weighted by atomic mass is 10.0. The largest absolute Gasteiger partial charge is 0.459 e. The normalized spacial score (nSPS) is 11.3. The fourth-order valence-corrected chi connectivity index (χ4v) is 1.72. The van der Waals surface area contributed by atoms with Gasteiger partial charge in [-0.25, -0.2) is 9.59 Å². The van der Waals surface area contributed by atoms with Crippen LogP contribution in [0.2, 0.25) is 0 Å². The molecule has 0 aliphatic carbocycles. The second-order valence-electron chi connectivity index (χ2n) is 5.33. The molecule has 0 aliphatic heterocycles. The SMILES string of the molecule is C=CCNC(=O)NC(=O)COC(=O)[C@@H](NC(=O)c1ccco1)C(C)C. The summed E-state index contributed by atoms with van der Waals surface area (Å²) in [6.07, 6.45) is 2.78. The monoisotopic (exact) mass is 351 g/mol. The molecule has 9 nitrogen and oxygen atoms in total. The number of hydrogen-bond acceptors (Lipinski definition) is 6.